The fourth-order valence-electron chi connectivity index (χ4n) is 3.95. The molecule has 2 amide bonds. The van der Waals surface area contributed by atoms with Gasteiger partial charge in [-0.05, 0) is 44.0 Å². The van der Waals surface area contributed by atoms with Crippen LogP contribution in [0.2, 0.25) is 0 Å². The molecule has 2 N–H and O–H groups in total. The molecule has 0 bridgehead atoms. The molecule has 1 aliphatic heterocycles. The molecule has 0 unspecified atom stereocenters. The second-order valence-electron chi connectivity index (χ2n) is 7.05. The fourth-order valence-corrected chi connectivity index (χ4v) is 3.95. The molecule has 2 fully saturated rings. The Labute approximate surface area is 137 Å². The molecule has 1 heterocycles. The molecular formula is C18H26N2O3. The Bertz CT molecular complexity index is 600. The van der Waals surface area contributed by atoms with E-state index in [1.807, 2.05) is 32.0 Å². The van der Waals surface area contributed by atoms with Gasteiger partial charge in [-0.1, -0.05) is 13.8 Å². The summed E-state index contributed by atoms with van der Waals surface area (Å²) in [7, 11) is 0. The van der Waals surface area contributed by atoms with Gasteiger partial charge in [0.2, 0.25) is 0 Å². The zero-order valence-corrected chi connectivity index (χ0v) is 14.3. The number of benzene rings is 1. The number of amides is 2. The van der Waals surface area contributed by atoms with Crippen LogP contribution in [-0.4, -0.2) is 31.4 Å². The Hall–Kier alpha value is -1.75. The van der Waals surface area contributed by atoms with E-state index in [-0.39, 0.29) is 23.6 Å². The van der Waals surface area contributed by atoms with Gasteiger partial charge < -0.3 is 20.1 Å². The van der Waals surface area contributed by atoms with Crippen LogP contribution in [0.4, 0.5) is 10.5 Å². The maximum Gasteiger partial charge on any atom is 0.319 e. The van der Waals surface area contributed by atoms with E-state index in [0.717, 1.165) is 30.0 Å². The normalized spacial score (nSPS) is 27.7. The summed E-state index contributed by atoms with van der Waals surface area (Å²) in [6.07, 6.45) is 1.31. The maximum absolute atomic E-state index is 12.4. The van der Waals surface area contributed by atoms with Gasteiger partial charge in [-0.2, -0.15) is 0 Å². The van der Waals surface area contributed by atoms with Crippen molar-refractivity contribution in [3.05, 3.63) is 23.8 Å². The van der Waals surface area contributed by atoms with Gasteiger partial charge in [0.1, 0.15) is 5.75 Å². The second-order valence-corrected chi connectivity index (χ2v) is 7.05. The van der Waals surface area contributed by atoms with Crippen LogP contribution in [0.15, 0.2) is 18.2 Å². The van der Waals surface area contributed by atoms with Crippen LogP contribution in [0.1, 0.15) is 32.8 Å². The third kappa shape index (κ3) is 2.90. The highest BCUT2D eigenvalue weighted by Crippen LogP contribution is 2.52. The zero-order valence-electron chi connectivity index (χ0n) is 14.3. The number of hydrogen-bond acceptors (Lipinski definition) is 3. The molecule has 126 valence electrons. The minimum absolute atomic E-state index is 0.00756. The lowest BCUT2D eigenvalue weighted by atomic mass is 9.57. The first-order valence-corrected chi connectivity index (χ1v) is 8.36. The average Bonchev–Trinajstić information content (AvgIpc) is 2.95. The Kier molecular flexibility index (Phi) is 4.23. The van der Waals surface area contributed by atoms with Crippen molar-refractivity contribution in [2.24, 2.45) is 11.3 Å². The number of ether oxygens (including phenoxy) is 2. The molecule has 1 aromatic carbocycles. The highest BCUT2D eigenvalue weighted by molar-refractivity contribution is 5.90. The summed E-state index contributed by atoms with van der Waals surface area (Å²) in [4.78, 5) is 12.4. The largest absolute Gasteiger partial charge is 0.494 e. The van der Waals surface area contributed by atoms with E-state index in [1.165, 1.54) is 0 Å². The number of carbonyl (C=O) groups is 1. The zero-order chi connectivity index (χ0) is 16.6. The number of nitrogens with one attached hydrogen (secondary N) is 2. The van der Waals surface area contributed by atoms with Gasteiger partial charge in [-0.15, -0.1) is 0 Å². The van der Waals surface area contributed by atoms with Gasteiger partial charge >= 0.3 is 6.03 Å². The molecule has 1 saturated carbocycles. The SMILES string of the molecule is CCOc1ccc(NC(=O)N[C@@H]2[C@H]3CCO[C@@H]3C2(C)C)c(C)c1. The minimum Gasteiger partial charge on any atom is -0.494 e. The van der Waals surface area contributed by atoms with Crippen LogP contribution in [0.25, 0.3) is 0 Å². The van der Waals surface area contributed by atoms with E-state index < -0.39 is 0 Å². The lowest BCUT2D eigenvalue weighted by molar-refractivity contribution is -0.107. The summed E-state index contributed by atoms with van der Waals surface area (Å²) in [5, 5.41) is 6.08. The molecule has 2 aliphatic rings. The van der Waals surface area contributed by atoms with E-state index in [0.29, 0.717) is 12.5 Å². The summed E-state index contributed by atoms with van der Waals surface area (Å²) < 4.78 is 11.2. The average molecular weight is 318 g/mol. The number of anilines is 1. The molecule has 0 radical (unpaired) electrons. The van der Waals surface area contributed by atoms with E-state index in [4.69, 9.17) is 9.47 Å². The third-order valence-electron chi connectivity index (χ3n) is 5.14. The lowest BCUT2D eigenvalue weighted by Gasteiger charge is -2.54. The van der Waals surface area contributed by atoms with Crippen molar-refractivity contribution in [1.82, 2.24) is 5.32 Å². The van der Waals surface area contributed by atoms with Gasteiger partial charge in [0.15, 0.2) is 0 Å². The Balaban J connectivity index is 1.62. The monoisotopic (exact) mass is 318 g/mol. The highest BCUT2D eigenvalue weighted by atomic mass is 16.5. The molecule has 0 aromatic heterocycles. The van der Waals surface area contributed by atoms with E-state index in [9.17, 15) is 4.79 Å². The van der Waals surface area contributed by atoms with Gasteiger partial charge in [0.05, 0.1) is 12.7 Å². The molecule has 1 saturated heterocycles. The fraction of sp³-hybridized carbons (Fsp3) is 0.611. The molecule has 5 nitrogen and oxygen atoms in total. The van der Waals surface area contributed by atoms with Gasteiger partial charge in [0.25, 0.3) is 0 Å². The molecule has 1 aromatic rings. The Morgan fingerprint density at radius 1 is 1.43 bits per heavy atom. The summed E-state index contributed by atoms with van der Waals surface area (Å²) in [6, 6.07) is 5.71. The number of urea groups is 1. The maximum atomic E-state index is 12.4. The standard InChI is InChI=1S/C18H26N2O3/c1-5-22-12-6-7-14(11(2)10-12)19-17(21)20-15-13-8-9-23-16(13)18(15,3)4/h6-7,10,13,15-16H,5,8-9H2,1-4H3,(H2,19,20,21)/t13-,15-,16+/m1/s1. The van der Waals surface area contributed by atoms with Crippen LogP contribution < -0.4 is 15.4 Å². The van der Waals surface area contributed by atoms with E-state index in [2.05, 4.69) is 24.5 Å². The van der Waals surface area contributed by atoms with Crippen LogP contribution in [0.3, 0.4) is 0 Å². The predicted octanol–water partition coefficient (Wildman–Crippen LogP) is 3.33. The summed E-state index contributed by atoms with van der Waals surface area (Å²) in [5.74, 6) is 1.26. The number of aryl methyl sites for hydroxylation is 1. The van der Waals surface area contributed by atoms with Crippen molar-refractivity contribution in [2.45, 2.75) is 46.3 Å². The van der Waals surface area contributed by atoms with Crippen molar-refractivity contribution >= 4 is 11.7 Å². The van der Waals surface area contributed by atoms with Crippen molar-refractivity contribution in [3.63, 3.8) is 0 Å². The second kappa shape index (κ2) is 6.04. The predicted molar refractivity (Wildman–Crippen MR) is 89.9 cm³/mol. The highest BCUT2D eigenvalue weighted by Gasteiger charge is 2.59. The van der Waals surface area contributed by atoms with Crippen LogP contribution in [-0.2, 0) is 4.74 Å². The first-order valence-electron chi connectivity index (χ1n) is 8.36. The number of carbonyl (C=O) groups excluding carboxylic acids is 1. The van der Waals surface area contributed by atoms with Crippen molar-refractivity contribution < 1.29 is 14.3 Å². The molecular weight excluding hydrogens is 292 g/mol. The minimum atomic E-state index is -0.152. The van der Waals surface area contributed by atoms with E-state index in [1.54, 1.807) is 0 Å². The first kappa shape index (κ1) is 16.1. The third-order valence-corrected chi connectivity index (χ3v) is 5.14. The van der Waals surface area contributed by atoms with E-state index >= 15 is 0 Å². The van der Waals surface area contributed by atoms with Crippen LogP contribution in [0.5, 0.6) is 5.75 Å². The molecule has 0 spiro atoms. The number of hydrogen-bond donors (Lipinski definition) is 2. The summed E-state index contributed by atoms with van der Waals surface area (Å²) in [6.45, 7) is 9.67. The summed E-state index contributed by atoms with van der Waals surface area (Å²) in [5.41, 5.74) is 1.79. The van der Waals surface area contributed by atoms with Crippen LogP contribution >= 0.6 is 0 Å². The van der Waals surface area contributed by atoms with Gasteiger partial charge in [0, 0.05) is 29.7 Å². The molecule has 3 rings (SSSR count). The molecule has 1 aliphatic carbocycles. The van der Waals surface area contributed by atoms with Crippen molar-refractivity contribution in [1.29, 1.82) is 0 Å². The topological polar surface area (TPSA) is 59.6 Å². The summed E-state index contributed by atoms with van der Waals surface area (Å²) >= 11 is 0. The molecule has 5 heteroatoms. The molecule has 23 heavy (non-hydrogen) atoms. The van der Waals surface area contributed by atoms with Crippen molar-refractivity contribution in [2.75, 3.05) is 18.5 Å². The van der Waals surface area contributed by atoms with Gasteiger partial charge in [-0.3, -0.25) is 0 Å². The Morgan fingerprint density at radius 2 is 2.22 bits per heavy atom. The van der Waals surface area contributed by atoms with Crippen molar-refractivity contribution in [3.8, 4) is 5.75 Å². The molecule has 3 atom stereocenters. The van der Waals surface area contributed by atoms with Crippen LogP contribution in [0, 0.1) is 18.3 Å². The Morgan fingerprint density at radius 3 is 2.91 bits per heavy atom. The first-order chi connectivity index (χ1) is 10.9. The number of fused-ring (bicyclic) bond motifs is 1. The number of rotatable bonds is 4. The lowest BCUT2D eigenvalue weighted by Crippen LogP contribution is -2.67. The van der Waals surface area contributed by atoms with Gasteiger partial charge in [-0.25, -0.2) is 4.79 Å². The quantitative estimate of drug-likeness (QED) is 0.895. The smallest absolute Gasteiger partial charge is 0.319 e.